The minimum atomic E-state index is -0.310. The molecule has 4 heteroatoms. The molecule has 0 bridgehead atoms. The van der Waals surface area contributed by atoms with E-state index in [0.29, 0.717) is 5.56 Å². The van der Waals surface area contributed by atoms with E-state index in [0.717, 1.165) is 16.9 Å². The molecule has 0 amide bonds. The highest BCUT2D eigenvalue weighted by Gasteiger charge is 2.24. The van der Waals surface area contributed by atoms with Crippen LogP contribution in [0.15, 0.2) is 29.6 Å². The van der Waals surface area contributed by atoms with Gasteiger partial charge in [0.2, 0.25) is 0 Å². The lowest BCUT2D eigenvalue weighted by Crippen LogP contribution is -2.31. The van der Waals surface area contributed by atoms with Crippen LogP contribution in [-0.2, 0) is 0 Å². The molecular weight excluding hydrogens is 273 g/mol. The van der Waals surface area contributed by atoms with Gasteiger partial charge < -0.3 is 10.5 Å². The van der Waals surface area contributed by atoms with Gasteiger partial charge in [0.1, 0.15) is 6.10 Å². The second-order valence-corrected chi connectivity index (χ2v) is 5.91. The summed E-state index contributed by atoms with van der Waals surface area (Å²) in [5, 5.41) is 2.01. The van der Waals surface area contributed by atoms with Crippen molar-refractivity contribution in [1.29, 1.82) is 0 Å². The molecular formula is C16H20FNOS. The molecule has 2 aromatic rings. The molecule has 2 nitrogen and oxygen atoms in total. The molecule has 0 aliphatic rings. The molecule has 0 spiro atoms. The van der Waals surface area contributed by atoms with Crippen LogP contribution in [0.2, 0.25) is 0 Å². The predicted molar refractivity (Wildman–Crippen MR) is 81.8 cm³/mol. The highest BCUT2D eigenvalue weighted by molar-refractivity contribution is 7.10. The Morgan fingerprint density at radius 1 is 1.25 bits per heavy atom. The van der Waals surface area contributed by atoms with Crippen molar-refractivity contribution >= 4 is 11.3 Å². The zero-order valence-corrected chi connectivity index (χ0v) is 12.8. The SMILES string of the molecule is CCC(N)C(Oc1cccc(C)c1F)c1sccc1C. The summed E-state index contributed by atoms with van der Waals surface area (Å²) in [6, 6.07) is 7.05. The maximum atomic E-state index is 14.1. The third-order valence-corrected chi connectivity index (χ3v) is 4.51. The van der Waals surface area contributed by atoms with E-state index >= 15 is 0 Å². The van der Waals surface area contributed by atoms with Crippen molar-refractivity contribution in [3.8, 4) is 5.75 Å². The van der Waals surface area contributed by atoms with Gasteiger partial charge in [-0.25, -0.2) is 4.39 Å². The molecule has 2 atom stereocenters. The molecule has 2 rings (SSSR count). The number of hydrogen-bond acceptors (Lipinski definition) is 3. The predicted octanol–water partition coefficient (Wildman–Crippen LogP) is 4.36. The Morgan fingerprint density at radius 3 is 2.60 bits per heavy atom. The first-order valence-corrected chi connectivity index (χ1v) is 7.64. The fourth-order valence-electron chi connectivity index (χ4n) is 2.07. The van der Waals surface area contributed by atoms with Crippen LogP contribution in [0.1, 0.15) is 35.5 Å². The first-order valence-electron chi connectivity index (χ1n) is 6.76. The van der Waals surface area contributed by atoms with E-state index in [2.05, 4.69) is 0 Å². The molecule has 0 saturated carbocycles. The van der Waals surface area contributed by atoms with Crippen LogP contribution in [0.5, 0.6) is 5.75 Å². The van der Waals surface area contributed by atoms with Crippen molar-refractivity contribution in [3.63, 3.8) is 0 Å². The van der Waals surface area contributed by atoms with Gasteiger partial charge in [-0.1, -0.05) is 19.1 Å². The van der Waals surface area contributed by atoms with Gasteiger partial charge in [-0.05, 0) is 48.9 Å². The fraction of sp³-hybridized carbons (Fsp3) is 0.375. The molecule has 108 valence electrons. The van der Waals surface area contributed by atoms with Crippen molar-refractivity contribution in [2.24, 2.45) is 5.73 Å². The Balaban J connectivity index is 2.34. The quantitative estimate of drug-likeness (QED) is 0.889. The number of ether oxygens (including phenoxy) is 1. The Labute approximate surface area is 123 Å². The number of rotatable bonds is 5. The lowest BCUT2D eigenvalue weighted by atomic mass is 10.1. The molecule has 0 fully saturated rings. The Bertz CT molecular complexity index is 582. The molecule has 0 saturated heterocycles. The van der Waals surface area contributed by atoms with E-state index in [4.69, 9.17) is 10.5 Å². The van der Waals surface area contributed by atoms with E-state index in [-0.39, 0.29) is 23.7 Å². The van der Waals surface area contributed by atoms with E-state index in [1.807, 2.05) is 25.3 Å². The highest BCUT2D eigenvalue weighted by Crippen LogP contribution is 2.33. The number of benzene rings is 1. The van der Waals surface area contributed by atoms with Gasteiger partial charge in [-0.3, -0.25) is 0 Å². The van der Waals surface area contributed by atoms with Crippen LogP contribution in [-0.4, -0.2) is 6.04 Å². The summed E-state index contributed by atoms with van der Waals surface area (Å²) in [5.41, 5.74) is 7.89. The molecule has 2 N–H and O–H groups in total. The van der Waals surface area contributed by atoms with Crippen molar-refractivity contribution < 1.29 is 9.13 Å². The summed E-state index contributed by atoms with van der Waals surface area (Å²) in [7, 11) is 0. The number of hydrogen-bond donors (Lipinski definition) is 1. The summed E-state index contributed by atoms with van der Waals surface area (Å²) < 4.78 is 20.0. The lowest BCUT2D eigenvalue weighted by molar-refractivity contribution is 0.166. The summed E-state index contributed by atoms with van der Waals surface area (Å²) in [6.07, 6.45) is 0.464. The van der Waals surface area contributed by atoms with Gasteiger partial charge in [-0.2, -0.15) is 0 Å². The Morgan fingerprint density at radius 2 is 2.00 bits per heavy atom. The average molecular weight is 293 g/mol. The first-order chi connectivity index (χ1) is 9.54. The minimum Gasteiger partial charge on any atom is -0.480 e. The third kappa shape index (κ3) is 3.02. The van der Waals surface area contributed by atoms with E-state index in [1.165, 1.54) is 0 Å². The van der Waals surface area contributed by atoms with Crippen LogP contribution in [0.3, 0.4) is 0 Å². The van der Waals surface area contributed by atoms with Gasteiger partial charge in [0.05, 0.1) is 0 Å². The van der Waals surface area contributed by atoms with Crippen molar-refractivity contribution in [3.05, 3.63) is 51.5 Å². The van der Waals surface area contributed by atoms with Gasteiger partial charge in [0.15, 0.2) is 11.6 Å². The summed E-state index contributed by atoms with van der Waals surface area (Å²) >= 11 is 1.60. The van der Waals surface area contributed by atoms with Crippen LogP contribution >= 0.6 is 11.3 Å². The second kappa shape index (κ2) is 6.37. The van der Waals surface area contributed by atoms with E-state index < -0.39 is 0 Å². The molecule has 2 unspecified atom stereocenters. The van der Waals surface area contributed by atoms with Gasteiger partial charge in [0.25, 0.3) is 0 Å². The van der Waals surface area contributed by atoms with Gasteiger partial charge >= 0.3 is 0 Å². The number of halogens is 1. The van der Waals surface area contributed by atoms with Crippen LogP contribution in [0.25, 0.3) is 0 Å². The monoisotopic (exact) mass is 293 g/mol. The molecule has 20 heavy (non-hydrogen) atoms. The molecule has 0 aliphatic heterocycles. The minimum absolute atomic E-state index is 0.160. The largest absolute Gasteiger partial charge is 0.480 e. The lowest BCUT2D eigenvalue weighted by Gasteiger charge is -2.24. The van der Waals surface area contributed by atoms with Crippen LogP contribution in [0.4, 0.5) is 4.39 Å². The Kier molecular flexibility index (Phi) is 4.78. The zero-order chi connectivity index (χ0) is 14.7. The zero-order valence-electron chi connectivity index (χ0n) is 12.0. The molecule has 1 aromatic carbocycles. The van der Waals surface area contributed by atoms with Crippen molar-refractivity contribution in [2.45, 2.75) is 39.3 Å². The van der Waals surface area contributed by atoms with Gasteiger partial charge in [-0.15, -0.1) is 11.3 Å². The van der Waals surface area contributed by atoms with E-state index in [9.17, 15) is 4.39 Å². The first kappa shape index (κ1) is 15.0. The standard InChI is InChI=1S/C16H20FNOS/c1-4-12(18)15(16-11(3)8-9-20-16)19-13-7-5-6-10(2)14(13)17/h5-9,12,15H,4,18H2,1-3H3. The van der Waals surface area contributed by atoms with Crippen molar-refractivity contribution in [1.82, 2.24) is 0 Å². The summed E-state index contributed by atoms with van der Waals surface area (Å²) in [5.74, 6) is -0.0401. The highest BCUT2D eigenvalue weighted by atomic mass is 32.1. The smallest absolute Gasteiger partial charge is 0.167 e. The number of nitrogens with two attached hydrogens (primary N) is 1. The Hall–Kier alpha value is -1.39. The summed E-state index contributed by atoms with van der Waals surface area (Å²) in [4.78, 5) is 1.07. The topological polar surface area (TPSA) is 35.2 Å². The average Bonchev–Trinajstić information content (AvgIpc) is 2.86. The maximum absolute atomic E-state index is 14.1. The normalized spacial score (nSPS) is 14.1. The molecule has 1 aromatic heterocycles. The summed E-state index contributed by atoms with van der Waals surface area (Å²) in [6.45, 7) is 5.76. The fourth-order valence-corrected chi connectivity index (χ4v) is 3.10. The maximum Gasteiger partial charge on any atom is 0.167 e. The van der Waals surface area contributed by atoms with Crippen LogP contribution < -0.4 is 10.5 Å². The number of aryl methyl sites for hydroxylation is 2. The molecule has 1 heterocycles. The van der Waals surface area contributed by atoms with Crippen molar-refractivity contribution in [2.75, 3.05) is 0 Å². The van der Waals surface area contributed by atoms with Gasteiger partial charge in [0, 0.05) is 10.9 Å². The van der Waals surface area contributed by atoms with Crippen LogP contribution in [0, 0.1) is 19.7 Å². The third-order valence-electron chi connectivity index (χ3n) is 3.43. The second-order valence-electron chi connectivity index (χ2n) is 4.97. The molecule has 0 radical (unpaired) electrons. The van der Waals surface area contributed by atoms with E-state index in [1.54, 1.807) is 36.5 Å². The molecule has 0 aliphatic carbocycles. The number of thiophene rings is 1.